The molecule has 230 valence electrons. The fourth-order valence-corrected chi connectivity index (χ4v) is 5.51. The number of hydrogen-bond acceptors (Lipinski definition) is 4. The molecule has 0 aliphatic carbocycles. The fourth-order valence-electron chi connectivity index (χ4n) is 5.03. The Labute approximate surface area is 250 Å². The van der Waals surface area contributed by atoms with Crippen LogP contribution in [0.5, 0.6) is 0 Å². The molecule has 42 heavy (non-hydrogen) atoms. The molecule has 4 rings (SSSR count). The lowest BCUT2D eigenvalue weighted by Crippen LogP contribution is -2.47. The second-order valence-corrected chi connectivity index (χ2v) is 11.2. The smallest absolute Gasteiger partial charge is 0.367 e. The SMILES string of the molecule is O=C(Nc1ccc(Cl)cc1N1CCN(CCC(F)(F)F)CC1)c1ccc(CNC(=O)N2CCC(CCl)CC2)c(F)c1F. The number of alkyl halides is 4. The van der Waals surface area contributed by atoms with E-state index in [1.54, 1.807) is 15.9 Å². The molecule has 0 aromatic heterocycles. The number of rotatable bonds is 8. The van der Waals surface area contributed by atoms with Crippen LogP contribution >= 0.6 is 23.2 Å². The summed E-state index contributed by atoms with van der Waals surface area (Å²) < 4.78 is 67.7. The van der Waals surface area contributed by atoms with E-state index in [4.69, 9.17) is 23.2 Å². The van der Waals surface area contributed by atoms with Crippen LogP contribution in [0.3, 0.4) is 0 Å². The van der Waals surface area contributed by atoms with Gasteiger partial charge in [-0.1, -0.05) is 17.7 Å². The van der Waals surface area contributed by atoms with Crippen molar-refractivity contribution in [3.05, 3.63) is 58.1 Å². The van der Waals surface area contributed by atoms with Gasteiger partial charge in [-0.3, -0.25) is 9.69 Å². The van der Waals surface area contributed by atoms with Crippen LogP contribution in [0, 0.1) is 17.6 Å². The molecule has 2 aliphatic heterocycles. The maximum Gasteiger partial charge on any atom is 0.390 e. The molecular weight excluding hydrogens is 604 g/mol. The molecule has 0 spiro atoms. The summed E-state index contributed by atoms with van der Waals surface area (Å²) in [6.07, 6.45) is -3.58. The van der Waals surface area contributed by atoms with E-state index in [2.05, 4.69) is 10.6 Å². The number of piperidine rings is 1. The average Bonchev–Trinajstić information content (AvgIpc) is 2.97. The largest absolute Gasteiger partial charge is 0.390 e. The van der Waals surface area contributed by atoms with Gasteiger partial charge >= 0.3 is 12.2 Å². The van der Waals surface area contributed by atoms with E-state index >= 15 is 4.39 Å². The van der Waals surface area contributed by atoms with Gasteiger partial charge in [0.15, 0.2) is 11.6 Å². The zero-order valence-electron chi connectivity index (χ0n) is 22.8. The molecule has 14 heteroatoms. The van der Waals surface area contributed by atoms with Crippen LogP contribution in [0.15, 0.2) is 30.3 Å². The van der Waals surface area contributed by atoms with E-state index in [0.717, 1.165) is 18.9 Å². The highest BCUT2D eigenvalue weighted by Gasteiger charge is 2.29. The first kappa shape index (κ1) is 32.1. The third kappa shape index (κ3) is 8.38. The molecule has 0 bridgehead atoms. The maximum absolute atomic E-state index is 15.0. The summed E-state index contributed by atoms with van der Waals surface area (Å²) >= 11 is 12.0. The summed E-state index contributed by atoms with van der Waals surface area (Å²) in [5.41, 5.74) is 0.177. The van der Waals surface area contributed by atoms with Gasteiger partial charge in [-0.05, 0) is 43.0 Å². The molecule has 2 saturated heterocycles. The number of benzene rings is 2. The van der Waals surface area contributed by atoms with Gasteiger partial charge < -0.3 is 20.4 Å². The number of nitrogens with zero attached hydrogens (tertiary/aromatic N) is 3. The van der Waals surface area contributed by atoms with Crippen LogP contribution in [-0.2, 0) is 6.54 Å². The zero-order valence-corrected chi connectivity index (χ0v) is 24.3. The van der Waals surface area contributed by atoms with Crippen molar-refractivity contribution in [2.24, 2.45) is 5.92 Å². The van der Waals surface area contributed by atoms with Gasteiger partial charge in [0.05, 0.1) is 23.4 Å². The molecule has 2 fully saturated rings. The second kappa shape index (κ2) is 14.1. The highest BCUT2D eigenvalue weighted by atomic mass is 35.5. The standard InChI is InChI=1S/C28H32Cl2F5N5O2/c29-16-18-5-8-40(9-6-18)27(42)36-17-19-1-3-21(25(32)24(19)31)26(41)37-22-4-2-20(30)15-23(22)39-13-11-38(12-14-39)10-7-28(33,34)35/h1-4,15,18H,5-14,16-17H2,(H,36,42)(H,37,41). The van der Waals surface area contributed by atoms with Gasteiger partial charge in [0, 0.05) is 68.8 Å². The number of nitrogens with one attached hydrogen (secondary N) is 2. The van der Waals surface area contributed by atoms with Crippen LogP contribution in [0.25, 0.3) is 0 Å². The third-order valence-corrected chi connectivity index (χ3v) is 8.26. The quantitative estimate of drug-likeness (QED) is 0.272. The fraction of sp³-hybridized carbons (Fsp3) is 0.500. The second-order valence-electron chi connectivity index (χ2n) is 10.5. The van der Waals surface area contributed by atoms with Crippen LogP contribution < -0.4 is 15.5 Å². The lowest BCUT2D eigenvalue weighted by molar-refractivity contribution is -0.138. The monoisotopic (exact) mass is 635 g/mol. The molecule has 2 aromatic rings. The average molecular weight is 636 g/mol. The number of urea groups is 1. The molecule has 0 unspecified atom stereocenters. The summed E-state index contributed by atoms with van der Waals surface area (Å²) in [7, 11) is 0. The van der Waals surface area contributed by atoms with E-state index in [1.165, 1.54) is 18.2 Å². The van der Waals surface area contributed by atoms with Crippen LogP contribution in [0.2, 0.25) is 5.02 Å². The van der Waals surface area contributed by atoms with Crippen LogP contribution in [0.4, 0.5) is 38.1 Å². The summed E-state index contributed by atoms with van der Waals surface area (Å²) in [4.78, 5) is 30.6. The summed E-state index contributed by atoms with van der Waals surface area (Å²) in [5.74, 6) is -2.60. The minimum atomic E-state index is -4.23. The lowest BCUT2D eigenvalue weighted by Gasteiger charge is -2.37. The van der Waals surface area contributed by atoms with E-state index in [-0.39, 0.29) is 24.7 Å². The van der Waals surface area contributed by atoms with Crippen molar-refractivity contribution in [2.45, 2.75) is 32.0 Å². The van der Waals surface area contributed by atoms with Gasteiger partial charge in [0.2, 0.25) is 0 Å². The Morgan fingerprint density at radius 3 is 2.29 bits per heavy atom. The summed E-state index contributed by atoms with van der Waals surface area (Å²) in [5, 5.41) is 5.57. The number of anilines is 2. The van der Waals surface area contributed by atoms with E-state index in [0.29, 0.717) is 67.5 Å². The zero-order chi connectivity index (χ0) is 30.4. The summed E-state index contributed by atoms with van der Waals surface area (Å²) in [6.45, 7) is 2.21. The third-order valence-electron chi connectivity index (χ3n) is 7.59. The first-order chi connectivity index (χ1) is 19.9. The summed E-state index contributed by atoms with van der Waals surface area (Å²) in [6, 6.07) is 6.66. The van der Waals surface area contributed by atoms with Crippen molar-refractivity contribution >= 4 is 46.5 Å². The Hall–Kier alpha value is -2.83. The number of amides is 3. The Bertz CT molecular complexity index is 1270. The molecular formula is C28H32Cl2F5N5O2. The van der Waals surface area contributed by atoms with Crippen LogP contribution in [-0.4, -0.2) is 79.6 Å². The van der Waals surface area contributed by atoms with Crippen molar-refractivity contribution in [2.75, 3.05) is 61.9 Å². The molecule has 2 N–H and O–H groups in total. The van der Waals surface area contributed by atoms with Crippen LogP contribution in [0.1, 0.15) is 35.2 Å². The normalized spacial score (nSPS) is 16.9. The highest BCUT2D eigenvalue weighted by Crippen LogP contribution is 2.31. The first-order valence-corrected chi connectivity index (χ1v) is 14.6. The number of carbonyl (C=O) groups excluding carboxylic acids is 2. The molecule has 0 saturated carbocycles. The Balaban J connectivity index is 1.38. The van der Waals surface area contributed by atoms with E-state index < -0.39 is 35.7 Å². The number of likely N-dealkylation sites (tertiary alicyclic amines) is 1. The van der Waals surface area contributed by atoms with Gasteiger partial charge in [0.25, 0.3) is 5.91 Å². The Morgan fingerprint density at radius 2 is 1.64 bits per heavy atom. The van der Waals surface area contributed by atoms with E-state index in [9.17, 15) is 27.2 Å². The van der Waals surface area contributed by atoms with E-state index in [1.807, 2.05) is 4.90 Å². The van der Waals surface area contributed by atoms with Crippen molar-refractivity contribution in [1.82, 2.24) is 15.1 Å². The van der Waals surface area contributed by atoms with Gasteiger partial charge in [-0.15, -0.1) is 11.6 Å². The number of hydrogen-bond donors (Lipinski definition) is 2. The van der Waals surface area contributed by atoms with Crippen molar-refractivity contribution in [3.8, 4) is 0 Å². The minimum absolute atomic E-state index is 0.103. The molecule has 2 aliphatic rings. The maximum atomic E-state index is 15.0. The minimum Gasteiger partial charge on any atom is -0.367 e. The first-order valence-electron chi connectivity index (χ1n) is 13.7. The Morgan fingerprint density at radius 1 is 0.952 bits per heavy atom. The highest BCUT2D eigenvalue weighted by molar-refractivity contribution is 6.31. The predicted octanol–water partition coefficient (Wildman–Crippen LogP) is 6.11. The number of carbonyl (C=O) groups is 2. The molecule has 0 radical (unpaired) electrons. The molecule has 3 amide bonds. The van der Waals surface area contributed by atoms with Gasteiger partial charge in [-0.2, -0.15) is 13.2 Å². The Kier molecular flexibility index (Phi) is 10.8. The van der Waals surface area contributed by atoms with Gasteiger partial charge in [-0.25, -0.2) is 13.6 Å². The lowest BCUT2D eigenvalue weighted by atomic mass is 9.99. The molecule has 2 heterocycles. The molecule has 2 aromatic carbocycles. The van der Waals surface area contributed by atoms with Gasteiger partial charge in [0.1, 0.15) is 0 Å². The number of halogens is 7. The van der Waals surface area contributed by atoms with Crippen molar-refractivity contribution in [1.29, 1.82) is 0 Å². The van der Waals surface area contributed by atoms with Crippen molar-refractivity contribution < 1.29 is 31.5 Å². The molecule has 0 atom stereocenters. The predicted molar refractivity (Wildman–Crippen MR) is 152 cm³/mol. The number of piperazine rings is 1. The topological polar surface area (TPSA) is 67.9 Å². The van der Waals surface area contributed by atoms with Crippen molar-refractivity contribution in [3.63, 3.8) is 0 Å². The molecule has 7 nitrogen and oxygen atoms in total.